The molecule has 7 heteroatoms. The van der Waals surface area contributed by atoms with Crippen LogP contribution in [0.5, 0.6) is 0 Å². The lowest BCUT2D eigenvalue weighted by molar-refractivity contribution is -0.140. The molecule has 20 heavy (non-hydrogen) atoms. The maximum absolute atomic E-state index is 12.6. The number of nitrogens with two attached hydrogens (primary N) is 1. The van der Waals surface area contributed by atoms with E-state index in [0.717, 1.165) is 19.4 Å². The molecule has 7 nitrogen and oxygen atoms in total. The molecule has 1 aliphatic heterocycles. The van der Waals surface area contributed by atoms with Gasteiger partial charge in [0.2, 0.25) is 11.8 Å². The average molecular weight is 279 g/mol. The van der Waals surface area contributed by atoms with Crippen molar-refractivity contribution in [1.82, 2.24) is 20.0 Å². The van der Waals surface area contributed by atoms with Gasteiger partial charge in [0.05, 0.1) is 6.54 Å². The van der Waals surface area contributed by atoms with Crippen molar-refractivity contribution in [3.05, 3.63) is 18.5 Å². The zero-order chi connectivity index (χ0) is 14.5. The van der Waals surface area contributed by atoms with E-state index in [4.69, 9.17) is 5.73 Å². The van der Waals surface area contributed by atoms with Gasteiger partial charge in [-0.05, 0) is 32.4 Å². The molecule has 2 amide bonds. The molecule has 0 aliphatic carbocycles. The van der Waals surface area contributed by atoms with E-state index in [9.17, 15) is 9.59 Å². The van der Waals surface area contributed by atoms with Crippen LogP contribution < -0.4 is 11.1 Å². The third kappa shape index (κ3) is 3.36. The number of primary amides is 1. The Kier molecular flexibility index (Phi) is 4.73. The highest BCUT2D eigenvalue weighted by Gasteiger charge is 2.30. The zero-order valence-electron chi connectivity index (χ0n) is 11.7. The molecule has 2 unspecified atom stereocenters. The number of hydrogen-bond donors (Lipinski definition) is 2. The Hall–Kier alpha value is -1.89. The van der Waals surface area contributed by atoms with E-state index in [1.165, 1.54) is 0 Å². The summed E-state index contributed by atoms with van der Waals surface area (Å²) >= 11 is 0. The Balaban J connectivity index is 2.12. The first-order valence-electron chi connectivity index (χ1n) is 6.88. The quantitative estimate of drug-likeness (QED) is 0.760. The molecule has 3 N–H and O–H groups in total. The minimum absolute atomic E-state index is 0.0155. The molecule has 1 aromatic heterocycles. The van der Waals surface area contributed by atoms with E-state index >= 15 is 0 Å². The maximum Gasteiger partial charge on any atom is 0.247 e. The lowest BCUT2D eigenvalue weighted by atomic mass is 10.0. The number of amides is 2. The van der Waals surface area contributed by atoms with Crippen molar-refractivity contribution >= 4 is 11.8 Å². The summed E-state index contributed by atoms with van der Waals surface area (Å²) < 4.78 is 1.59. The lowest BCUT2D eigenvalue weighted by Crippen LogP contribution is -2.53. The van der Waals surface area contributed by atoms with Crippen molar-refractivity contribution in [3.63, 3.8) is 0 Å². The molecule has 0 aromatic carbocycles. The topological polar surface area (TPSA) is 93.2 Å². The normalized spacial score (nSPS) is 20.4. The van der Waals surface area contributed by atoms with Crippen LogP contribution in [0.3, 0.4) is 0 Å². The molecular weight excluding hydrogens is 258 g/mol. The van der Waals surface area contributed by atoms with Gasteiger partial charge in [0.15, 0.2) is 0 Å². The number of rotatable bonds is 5. The van der Waals surface area contributed by atoms with Crippen LogP contribution in [0.4, 0.5) is 0 Å². The number of nitrogens with one attached hydrogen (secondary N) is 1. The second-order valence-corrected chi connectivity index (χ2v) is 5.09. The number of carbonyl (C=O) groups excluding carboxylic acids is 2. The zero-order valence-corrected chi connectivity index (χ0v) is 11.7. The van der Waals surface area contributed by atoms with Crippen molar-refractivity contribution in [3.8, 4) is 0 Å². The highest BCUT2D eigenvalue weighted by molar-refractivity contribution is 5.86. The molecule has 0 spiro atoms. The standard InChI is InChI=1S/C13H21N5O2/c1-10(18-7-3-6-16-18)13(20)17(9-12(14)19)11-4-2-5-15-8-11/h3,6-7,10-11,15H,2,4-5,8-9H2,1H3,(H2,14,19). The van der Waals surface area contributed by atoms with Gasteiger partial charge in [-0.3, -0.25) is 14.3 Å². The molecule has 1 aliphatic rings. The molecular formula is C13H21N5O2. The van der Waals surface area contributed by atoms with Crippen molar-refractivity contribution in [1.29, 1.82) is 0 Å². The summed E-state index contributed by atoms with van der Waals surface area (Å²) in [6.07, 6.45) is 5.25. The highest BCUT2D eigenvalue weighted by Crippen LogP contribution is 2.16. The summed E-state index contributed by atoms with van der Waals surface area (Å²) in [5, 5.41) is 7.33. The smallest absolute Gasteiger partial charge is 0.247 e. The van der Waals surface area contributed by atoms with Crippen molar-refractivity contribution in [2.45, 2.75) is 31.8 Å². The van der Waals surface area contributed by atoms with E-state index in [0.29, 0.717) is 6.54 Å². The minimum atomic E-state index is -0.489. The fourth-order valence-electron chi connectivity index (χ4n) is 2.52. The van der Waals surface area contributed by atoms with Crippen LogP contribution in [0, 0.1) is 0 Å². The number of hydrogen-bond acceptors (Lipinski definition) is 4. The summed E-state index contributed by atoms with van der Waals surface area (Å²) in [5.74, 6) is -0.613. The van der Waals surface area contributed by atoms with Crippen LogP contribution in [0.1, 0.15) is 25.8 Å². The Morgan fingerprint density at radius 3 is 2.95 bits per heavy atom. The summed E-state index contributed by atoms with van der Waals surface area (Å²) in [4.78, 5) is 25.4. The molecule has 1 aromatic rings. The number of piperidine rings is 1. The predicted octanol–water partition coefficient (Wildman–Crippen LogP) is -0.490. The Bertz CT molecular complexity index is 453. The van der Waals surface area contributed by atoms with E-state index in [2.05, 4.69) is 10.4 Å². The Morgan fingerprint density at radius 1 is 1.60 bits per heavy atom. The number of aromatic nitrogens is 2. The Morgan fingerprint density at radius 2 is 2.40 bits per heavy atom. The molecule has 2 atom stereocenters. The van der Waals surface area contributed by atoms with Crippen LogP contribution in [0.2, 0.25) is 0 Å². The third-order valence-electron chi connectivity index (χ3n) is 3.60. The van der Waals surface area contributed by atoms with Gasteiger partial charge in [-0.15, -0.1) is 0 Å². The van der Waals surface area contributed by atoms with Crippen molar-refractivity contribution < 1.29 is 9.59 Å². The van der Waals surface area contributed by atoms with Gasteiger partial charge >= 0.3 is 0 Å². The van der Waals surface area contributed by atoms with E-state index in [1.54, 1.807) is 35.0 Å². The first kappa shape index (κ1) is 14.5. The second kappa shape index (κ2) is 6.51. The summed E-state index contributed by atoms with van der Waals surface area (Å²) in [6, 6.07) is 1.35. The highest BCUT2D eigenvalue weighted by atomic mass is 16.2. The monoisotopic (exact) mass is 279 g/mol. The van der Waals surface area contributed by atoms with Crippen LogP contribution >= 0.6 is 0 Å². The molecule has 1 fully saturated rings. The van der Waals surface area contributed by atoms with Crippen LogP contribution in [-0.2, 0) is 9.59 Å². The van der Waals surface area contributed by atoms with Crippen LogP contribution in [-0.4, -0.2) is 52.2 Å². The SMILES string of the molecule is CC(C(=O)N(CC(N)=O)C1CCCNC1)n1cccn1. The number of nitrogens with zero attached hydrogens (tertiary/aromatic N) is 3. The van der Waals surface area contributed by atoms with Gasteiger partial charge in [-0.2, -0.15) is 5.10 Å². The fraction of sp³-hybridized carbons (Fsp3) is 0.615. The van der Waals surface area contributed by atoms with Gasteiger partial charge in [-0.25, -0.2) is 0 Å². The van der Waals surface area contributed by atoms with Crippen LogP contribution in [0.25, 0.3) is 0 Å². The average Bonchev–Trinajstić information content (AvgIpc) is 2.98. The minimum Gasteiger partial charge on any atom is -0.368 e. The summed E-state index contributed by atoms with van der Waals surface area (Å²) in [7, 11) is 0. The summed E-state index contributed by atoms with van der Waals surface area (Å²) in [6.45, 7) is 3.38. The van der Waals surface area contributed by atoms with Gasteiger partial charge in [0.1, 0.15) is 6.04 Å². The van der Waals surface area contributed by atoms with Gasteiger partial charge in [0, 0.05) is 25.0 Å². The molecule has 2 heterocycles. The molecule has 110 valence electrons. The lowest BCUT2D eigenvalue weighted by Gasteiger charge is -2.35. The van der Waals surface area contributed by atoms with Gasteiger partial charge in [-0.1, -0.05) is 0 Å². The maximum atomic E-state index is 12.6. The Labute approximate surface area is 118 Å². The van der Waals surface area contributed by atoms with Crippen molar-refractivity contribution in [2.75, 3.05) is 19.6 Å². The largest absolute Gasteiger partial charge is 0.368 e. The summed E-state index contributed by atoms with van der Waals surface area (Å²) in [5.41, 5.74) is 5.28. The molecule has 1 saturated heterocycles. The number of carbonyl (C=O) groups is 2. The van der Waals surface area contributed by atoms with Crippen LogP contribution in [0.15, 0.2) is 18.5 Å². The first-order chi connectivity index (χ1) is 9.59. The molecule has 0 saturated carbocycles. The fourth-order valence-corrected chi connectivity index (χ4v) is 2.52. The molecule has 0 bridgehead atoms. The first-order valence-corrected chi connectivity index (χ1v) is 6.88. The molecule has 2 rings (SSSR count). The molecule has 0 radical (unpaired) electrons. The van der Waals surface area contributed by atoms with E-state index in [-0.39, 0.29) is 18.5 Å². The third-order valence-corrected chi connectivity index (χ3v) is 3.60. The van der Waals surface area contributed by atoms with E-state index < -0.39 is 11.9 Å². The van der Waals surface area contributed by atoms with Gasteiger partial charge < -0.3 is 16.0 Å². The van der Waals surface area contributed by atoms with Gasteiger partial charge in [0.25, 0.3) is 0 Å². The second-order valence-electron chi connectivity index (χ2n) is 5.09. The van der Waals surface area contributed by atoms with E-state index in [1.807, 2.05) is 0 Å². The van der Waals surface area contributed by atoms with Crippen molar-refractivity contribution in [2.24, 2.45) is 5.73 Å². The predicted molar refractivity (Wildman–Crippen MR) is 73.7 cm³/mol.